The molecule has 4 nitrogen and oxygen atoms in total. The summed E-state index contributed by atoms with van der Waals surface area (Å²) in [6, 6.07) is 5.90. The fourth-order valence-electron chi connectivity index (χ4n) is 2.19. The molecule has 0 aliphatic carbocycles. The molecule has 0 spiro atoms. The van der Waals surface area contributed by atoms with E-state index in [2.05, 4.69) is 20.3 Å². The maximum Gasteiger partial charge on any atom is 0.217 e. The molecule has 2 heterocycles. The number of rotatable bonds is 3. The molecule has 5 heteroatoms. The van der Waals surface area contributed by atoms with Crippen LogP contribution in [-0.4, -0.2) is 30.2 Å². The topological polar surface area (TPSA) is 52.5 Å². The Morgan fingerprint density at radius 2 is 2.32 bits per heavy atom. The van der Waals surface area contributed by atoms with Gasteiger partial charge >= 0.3 is 0 Å². The quantitative estimate of drug-likeness (QED) is 0.888. The lowest BCUT2D eigenvalue weighted by molar-refractivity contribution is 0.847. The van der Waals surface area contributed by atoms with Crippen molar-refractivity contribution < 1.29 is 0 Å². The van der Waals surface area contributed by atoms with E-state index in [1.165, 1.54) is 10.9 Å². The number of benzene rings is 1. The van der Waals surface area contributed by atoms with Gasteiger partial charge in [-0.2, -0.15) is 0 Å². The molecule has 0 amide bonds. The van der Waals surface area contributed by atoms with Crippen LogP contribution in [0.5, 0.6) is 0 Å². The molecule has 0 fully saturated rings. The van der Waals surface area contributed by atoms with Gasteiger partial charge in [-0.1, -0.05) is 11.6 Å². The summed E-state index contributed by atoms with van der Waals surface area (Å²) in [7, 11) is 0. The Morgan fingerprint density at radius 3 is 3.16 bits per heavy atom. The molecule has 98 valence electrons. The molecule has 0 saturated carbocycles. The maximum absolute atomic E-state index is 6.04. The molecule has 0 unspecified atom stereocenters. The second-order valence-electron chi connectivity index (χ2n) is 4.49. The number of fused-ring (bicyclic) bond motifs is 1. The normalized spacial score (nSPS) is 14.7. The highest BCUT2D eigenvalue weighted by atomic mass is 35.5. The molecule has 1 aromatic heterocycles. The molecule has 1 aliphatic rings. The van der Waals surface area contributed by atoms with Crippen LogP contribution in [0.2, 0.25) is 5.02 Å². The summed E-state index contributed by atoms with van der Waals surface area (Å²) in [4.78, 5) is 11.8. The molecule has 0 radical (unpaired) electrons. The van der Waals surface area contributed by atoms with Crippen LogP contribution in [0.1, 0.15) is 12.0 Å². The summed E-state index contributed by atoms with van der Waals surface area (Å²) in [6.07, 6.45) is 5.79. The highest BCUT2D eigenvalue weighted by molar-refractivity contribution is 6.31. The van der Waals surface area contributed by atoms with E-state index in [0.29, 0.717) is 0 Å². The molecular formula is C14H15ClN4. The fourth-order valence-corrected chi connectivity index (χ4v) is 2.36. The number of hydrogen-bond donors (Lipinski definition) is 2. The molecule has 2 N–H and O–H groups in total. The van der Waals surface area contributed by atoms with E-state index in [9.17, 15) is 0 Å². The Labute approximate surface area is 116 Å². The van der Waals surface area contributed by atoms with Crippen LogP contribution in [0.3, 0.4) is 0 Å². The summed E-state index contributed by atoms with van der Waals surface area (Å²) in [6.45, 7) is 1.64. The molecule has 1 aliphatic heterocycles. The van der Waals surface area contributed by atoms with Gasteiger partial charge in [0.25, 0.3) is 0 Å². The Hall–Kier alpha value is -1.81. The lowest BCUT2D eigenvalue weighted by Gasteiger charge is -2.07. The van der Waals surface area contributed by atoms with E-state index in [4.69, 9.17) is 11.6 Å². The number of halogens is 1. The number of aromatic amines is 1. The molecular weight excluding hydrogens is 260 g/mol. The Morgan fingerprint density at radius 1 is 1.37 bits per heavy atom. The van der Waals surface area contributed by atoms with Crippen molar-refractivity contribution in [1.29, 1.82) is 0 Å². The van der Waals surface area contributed by atoms with Gasteiger partial charge < -0.3 is 10.3 Å². The number of aliphatic imine (C=N–C) groups is 2. The van der Waals surface area contributed by atoms with Crippen molar-refractivity contribution in [1.82, 2.24) is 10.3 Å². The minimum absolute atomic E-state index is 0.740. The summed E-state index contributed by atoms with van der Waals surface area (Å²) in [5.41, 5.74) is 2.37. The summed E-state index contributed by atoms with van der Waals surface area (Å²) >= 11 is 6.04. The summed E-state index contributed by atoms with van der Waals surface area (Å²) in [5, 5.41) is 5.19. The van der Waals surface area contributed by atoms with Crippen molar-refractivity contribution in [3.8, 4) is 0 Å². The van der Waals surface area contributed by atoms with Crippen LogP contribution in [0.15, 0.2) is 34.4 Å². The van der Waals surface area contributed by atoms with Crippen LogP contribution in [0.25, 0.3) is 10.9 Å². The zero-order valence-electron chi connectivity index (χ0n) is 10.5. The smallest absolute Gasteiger partial charge is 0.217 e. The minimum atomic E-state index is 0.740. The SMILES string of the molecule is Clc1ccc2[nH]cc(CCNC3=NCCC=N3)c2c1. The van der Waals surface area contributed by atoms with Crippen LogP contribution in [-0.2, 0) is 6.42 Å². The monoisotopic (exact) mass is 274 g/mol. The largest absolute Gasteiger partial charge is 0.361 e. The molecule has 0 atom stereocenters. The zero-order chi connectivity index (χ0) is 13.1. The molecule has 2 aromatic rings. The van der Waals surface area contributed by atoms with Gasteiger partial charge in [0.15, 0.2) is 0 Å². The van der Waals surface area contributed by atoms with Gasteiger partial charge in [0.05, 0.1) is 0 Å². The van der Waals surface area contributed by atoms with Crippen molar-refractivity contribution in [3.63, 3.8) is 0 Å². The van der Waals surface area contributed by atoms with Gasteiger partial charge in [-0.25, -0.2) is 4.99 Å². The van der Waals surface area contributed by atoms with Crippen LogP contribution >= 0.6 is 11.6 Å². The zero-order valence-corrected chi connectivity index (χ0v) is 11.2. The van der Waals surface area contributed by atoms with Crippen molar-refractivity contribution in [2.75, 3.05) is 13.1 Å². The third kappa shape index (κ3) is 2.79. The number of guanidine groups is 1. The minimum Gasteiger partial charge on any atom is -0.361 e. The first kappa shape index (κ1) is 12.2. The van der Waals surface area contributed by atoms with Crippen molar-refractivity contribution >= 4 is 34.7 Å². The van der Waals surface area contributed by atoms with Crippen molar-refractivity contribution in [3.05, 3.63) is 35.0 Å². The molecule has 0 bridgehead atoms. The number of aromatic nitrogens is 1. The standard InChI is InChI=1S/C14H15ClN4/c15-11-2-3-13-12(8-11)10(9-19-13)4-7-18-14-16-5-1-6-17-14/h2-3,5,8-9,19H,1,4,6-7H2,(H,17,18). The Bertz CT molecular complexity index is 642. The fraction of sp³-hybridized carbons (Fsp3) is 0.286. The van der Waals surface area contributed by atoms with Crippen molar-refractivity contribution in [2.24, 2.45) is 9.98 Å². The van der Waals surface area contributed by atoms with E-state index >= 15 is 0 Å². The van der Waals surface area contributed by atoms with E-state index in [1.807, 2.05) is 30.6 Å². The van der Waals surface area contributed by atoms with E-state index in [-0.39, 0.29) is 0 Å². The van der Waals surface area contributed by atoms with Gasteiger partial charge in [-0.3, -0.25) is 4.99 Å². The molecule has 0 saturated heterocycles. The lowest BCUT2D eigenvalue weighted by Crippen LogP contribution is -2.26. The Kier molecular flexibility index (Phi) is 3.51. The second-order valence-corrected chi connectivity index (χ2v) is 4.92. The van der Waals surface area contributed by atoms with Gasteiger partial charge in [0.1, 0.15) is 0 Å². The predicted molar refractivity (Wildman–Crippen MR) is 80.4 cm³/mol. The van der Waals surface area contributed by atoms with Crippen LogP contribution in [0.4, 0.5) is 0 Å². The number of H-pyrrole nitrogens is 1. The third-order valence-electron chi connectivity index (χ3n) is 3.14. The van der Waals surface area contributed by atoms with E-state index in [0.717, 1.165) is 42.4 Å². The molecule has 1 aromatic carbocycles. The average molecular weight is 275 g/mol. The number of hydrogen-bond acceptors (Lipinski definition) is 3. The van der Waals surface area contributed by atoms with Gasteiger partial charge in [-0.15, -0.1) is 0 Å². The summed E-state index contributed by atoms with van der Waals surface area (Å²) < 4.78 is 0. The van der Waals surface area contributed by atoms with Crippen LogP contribution < -0.4 is 5.32 Å². The maximum atomic E-state index is 6.04. The molecule has 3 rings (SSSR count). The van der Waals surface area contributed by atoms with Gasteiger partial charge in [0.2, 0.25) is 5.96 Å². The first-order chi connectivity index (χ1) is 9.33. The molecule has 19 heavy (non-hydrogen) atoms. The number of nitrogens with zero attached hydrogens (tertiary/aromatic N) is 2. The Balaban J connectivity index is 1.67. The lowest BCUT2D eigenvalue weighted by atomic mass is 10.1. The highest BCUT2D eigenvalue weighted by Gasteiger charge is 2.05. The highest BCUT2D eigenvalue weighted by Crippen LogP contribution is 2.22. The van der Waals surface area contributed by atoms with E-state index in [1.54, 1.807) is 0 Å². The summed E-state index contributed by atoms with van der Waals surface area (Å²) in [5.74, 6) is 0.740. The van der Waals surface area contributed by atoms with Crippen molar-refractivity contribution in [2.45, 2.75) is 12.8 Å². The van der Waals surface area contributed by atoms with Gasteiger partial charge in [0, 0.05) is 47.8 Å². The second kappa shape index (κ2) is 5.45. The average Bonchev–Trinajstić information content (AvgIpc) is 2.83. The third-order valence-corrected chi connectivity index (χ3v) is 3.38. The first-order valence-electron chi connectivity index (χ1n) is 6.39. The number of nitrogens with one attached hydrogen (secondary N) is 2. The first-order valence-corrected chi connectivity index (χ1v) is 6.77. The predicted octanol–water partition coefficient (Wildman–Crippen LogP) is 2.78. The van der Waals surface area contributed by atoms with Crippen LogP contribution in [0, 0.1) is 0 Å². The van der Waals surface area contributed by atoms with E-state index < -0.39 is 0 Å². The van der Waals surface area contributed by atoms with Gasteiger partial charge in [-0.05, 0) is 30.2 Å².